The van der Waals surface area contributed by atoms with Crippen molar-refractivity contribution in [2.24, 2.45) is 56.7 Å². The summed E-state index contributed by atoms with van der Waals surface area (Å²) in [5.74, 6) is -1.76. The van der Waals surface area contributed by atoms with Crippen molar-refractivity contribution >= 4 is 0 Å². The Labute approximate surface area is 561 Å². The minimum absolute atomic E-state index is 0.0553. The molecule has 12 fully saturated rings. The minimum Gasteiger partial charge on any atom is -0.396 e. The Morgan fingerprint density at radius 3 is 1.52 bits per heavy atom. The summed E-state index contributed by atoms with van der Waals surface area (Å²) in [7, 11) is 0. The molecule has 20 N–H and O–H groups in total. The topological polar surface area (TPSA) is 515 Å². The summed E-state index contributed by atoms with van der Waals surface area (Å²) in [4.78, 5) is 0. The summed E-state index contributed by atoms with van der Waals surface area (Å²) < 4.78 is 73.3. The average molecular weight is 1400 g/mol. The van der Waals surface area contributed by atoms with Crippen molar-refractivity contribution in [1.29, 1.82) is 0 Å². The van der Waals surface area contributed by atoms with Crippen molar-refractivity contribution in [3.63, 3.8) is 0 Å². The van der Waals surface area contributed by atoms with Crippen molar-refractivity contribution in [3.05, 3.63) is 0 Å². The zero-order valence-electron chi connectivity index (χ0n) is 55.8. The van der Waals surface area contributed by atoms with Crippen LogP contribution in [0.3, 0.4) is 0 Å². The van der Waals surface area contributed by atoms with Crippen LogP contribution in [-0.2, 0) is 56.8 Å². The zero-order valence-corrected chi connectivity index (χ0v) is 55.8. The van der Waals surface area contributed by atoms with E-state index in [-0.39, 0.29) is 47.0 Å². The van der Waals surface area contributed by atoms with Gasteiger partial charge in [0.2, 0.25) is 0 Å². The predicted molar refractivity (Wildman–Crippen MR) is 321 cm³/mol. The first-order chi connectivity index (χ1) is 45.5. The third kappa shape index (κ3) is 12.6. The van der Waals surface area contributed by atoms with Crippen LogP contribution in [0.25, 0.3) is 0 Å². The molecule has 32 heteroatoms. The summed E-state index contributed by atoms with van der Waals surface area (Å²) >= 11 is 0. The fraction of sp³-hybridized carbons (Fsp3) is 1.00. The molecule has 12 rings (SSSR count). The first-order valence-electron chi connectivity index (χ1n) is 34.8. The molecule has 0 aromatic heterocycles. The maximum Gasteiger partial charge on any atom is 0.187 e. The van der Waals surface area contributed by atoms with E-state index >= 15 is 0 Å². The zero-order chi connectivity index (χ0) is 70.5. The van der Waals surface area contributed by atoms with Gasteiger partial charge in [0.1, 0.15) is 128 Å². The van der Waals surface area contributed by atoms with Crippen LogP contribution >= 0.6 is 0 Å². The fourth-order valence-corrected chi connectivity index (χ4v) is 20.6. The van der Waals surface area contributed by atoms with Gasteiger partial charge in [0, 0.05) is 17.3 Å². The van der Waals surface area contributed by atoms with Gasteiger partial charge in [-0.3, -0.25) is 0 Å². The molecular weight excluding hydrogens is 1290 g/mol. The van der Waals surface area contributed by atoms with Crippen LogP contribution in [0.1, 0.15) is 113 Å². The molecule has 0 amide bonds. The molecule has 32 nitrogen and oxygen atoms in total. The Morgan fingerprint density at radius 1 is 0.443 bits per heavy atom. The number of rotatable bonds is 18. The van der Waals surface area contributed by atoms with Gasteiger partial charge in [-0.05, 0) is 131 Å². The average Bonchev–Trinajstić information content (AvgIpc) is 1.46. The second-order valence-electron chi connectivity index (χ2n) is 31.9. The Morgan fingerprint density at radius 2 is 0.938 bits per heavy atom. The van der Waals surface area contributed by atoms with Gasteiger partial charge in [0.05, 0.1) is 69.2 Å². The number of aliphatic hydroxyl groups excluding tert-OH is 19. The number of ether oxygens (including phenoxy) is 12. The Kier molecular flexibility index (Phi) is 21.7. The number of hydrogen-bond acceptors (Lipinski definition) is 32. The van der Waals surface area contributed by atoms with Gasteiger partial charge in [0.15, 0.2) is 37.7 Å². The Hall–Kier alpha value is -1.28. The van der Waals surface area contributed by atoms with Crippen LogP contribution in [0.15, 0.2) is 0 Å². The molecular formula is C65H108O32. The van der Waals surface area contributed by atoms with Gasteiger partial charge in [0.25, 0.3) is 0 Å². The summed E-state index contributed by atoms with van der Waals surface area (Å²) in [6.07, 6.45) is -44.1. The van der Waals surface area contributed by atoms with E-state index in [1.54, 1.807) is 13.8 Å². The highest BCUT2D eigenvalue weighted by Gasteiger charge is 2.83. The van der Waals surface area contributed by atoms with E-state index in [2.05, 4.69) is 13.8 Å². The van der Waals surface area contributed by atoms with Gasteiger partial charge < -0.3 is 159 Å². The Balaban J connectivity index is 0.793. The number of hydrogen-bond donors (Lipinski definition) is 20. The third-order valence-electron chi connectivity index (χ3n) is 26.6. The lowest BCUT2D eigenvalue weighted by Crippen LogP contribution is -2.66. The number of aliphatic hydroxyl groups is 20. The lowest BCUT2D eigenvalue weighted by Gasteiger charge is -2.64. The van der Waals surface area contributed by atoms with Crippen LogP contribution in [0, 0.1) is 56.7 Å². The van der Waals surface area contributed by atoms with Crippen molar-refractivity contribution in [2.45, 2.75) is 315 Å². The lowest BCUT2D eigenvalue weighted by atomic mass is 9.41. The van der Waals surface area contributed by atoms with Gasteiger partial charge in [-0.15, -0.1) is 0 Å². The summed E-state index contributed by atoms with van der Waals surface area (Å²) in [5, 5.41) is 222. The van der Waals surface area contributed by atoms with Crippen molar-refractivity contribution in [2.75, 3.05) is 33.0 Å². The molecule has 6 aliphatic heterocycles. The smallest absolute Gasteiger partial charge is 0.187 e. The molecule has 12 aliphatic rings. The van der Waals surface area contributed by atoms with E-state index in [0.29, 0.717) is 32.1 Å². The van der Waals surface area contributed by atoms with Crippen molar-refractivity contribution in [1.82, 2.24) is 0 Å². The quantitative estimate of drug-likeness (QED) is 0.0568. The standard InChI is InChI=1S/C65H108O32/c1-23-36(69)43(76)49(82)55(89-23)88-20-31-42(75)47(80)53(96-56-50(83)44(77)37(70)24(2)90-56)59(94-31)95-34-11-13-64-21-65(64)15-14-62(6)25(10-12-63(62,7)33(65)9-8-32(64)61(34,5)22-67)35-28(16-26(38(35)71)60(3,4)85)91-58-52(97-57-51(84)45(78)40(73)29(17-66)92-57)46(79)41(74)30(93-58)19-87-54-48(81)39(72)27(68)18-86-54/h23-59,66-85H,8-22H2,1-7H3/t23-,24-,25+,26+,27+,28-,29+,30+,31+,32-,33-,34-,35-,36-,37-,38-,39-,40+,41+,42+,43+,44+,45-,46-,47-,48+,49+,50+,51+,52+,53+,54-,55+,56-,57-,58+,59-,61+,62+,63-,64+,65-/m0/s1. The maximum atomic E-state index is 12.8. The fourth-order valence-electron chi connectivity index (χ4n) is 20.6. The molecule has 0 aromatic carbocycles. The van der Waals surface area contributed by atoms with E-state index in [9.17, 15) is 102 Å². The highest BCUT2D eigenvalue weighted by molar-refractivity contribution is 5.31. The normalized spacial score (nSPS) is 57.9. The third-order valence-corrected chi connectivity index (χ3v) is 26.6. The van der Waals surface area contributed by atoms with Crippen molar-refractivity contribution < 1.29 is 159 Å². The van der Waals surface area contributed by atoms with Gasteiger partial charge in [-0.25, -0.2) is 0 Å². The first-order valence-corrected chi connectivity index (χ1v) is 34.8. The van der Waals surface area contributed by atoms with E-state index in [1.807, 2.05) is 6.92 Å². The van der Waals surface area contributed by atoms with Crippen LogP contribution in [-0.4, -0.2) is 337 Å². The largest absolute Gasteiger partial charge is 0.396 e. The molecule has 6 aliphatic carbocycles. The van der Waals surface area contributed by atoms with Crippen molar-refractivity contribution in [3.8, 4) is 0 Å². The summed E-state index contributed by atoms with van der Waals surface area (Å²) in [6, 6.07) is 0. The van der Waals surface area contributed by atoms with Gasteiger partial charge >= 0.3 is 0 Å². The molecule has 0 unspecified atom stereocenters. The highest BCUT2D eigenvalue weighted by Crippen LogP contribution is 2.89. The summed E-state index contributed by atoms with van der Waals surface area (Å²) in [6.45, 7) is 9.95. The molecule has 6 heterocycles. The van der Waals surface area contributed by atoms with E-state index in [0.717, 1.165) is 25.7 Å². The van der Waals surface area contributed by atoms with Crippen LogP contribution in [0.5, 0.6) is 0 Å². The molecule has 0 bridgehead atoms. The molecule has 560 valence electrons. The second-order valence-corrected chi connectivity index (χ2v) is 31.9. The lowest BCUT2D eigenvalue weighted by molar-refractivity contribution is -0.380. The predicted octanol–water partition coefficient (Wildman–Crippen LogP) is -6.47. The second kappa shape index (κ2) is 27.9. The Bertz CT molecular complexity index is 2670. The van der Waals surface area contributed by atoms with E-state index in [4.69, 9.17) is 56.8 Å². The molecule has 97 heavy (non-hydrogen) atoms. The monoisotopic (exact) mass is 1400 g/mol. The number of fused-ring (bicyclic) bond motifs is 2. The molecule has 2 spiro atoms. The van der Waals surface area contributed by atoms with Crippen LogP contribution < -0.4 is 0 Å². The first kappa shape index (κ1) is 75.4. The molecule has 42 atom stereocenters. The van der Waals surface area contributed by atoms with Crippen LogP contribution in [0.4, 0.5) is 0 Å². The highest BCUT2D eigenvalue weighted by atomic mass is 16.8. The molecule has 0 aromatic rings. The molecule has 0 radical (unpaired) electrons. The minimum atomic E-state index is -1.96. The van der Waals surface area contributed by atoms with Gasteiger partial charge in [-0.2, -0.15) is 0 Å². The summed E-state index contributed by atoms with van der Waals surface area (Å²) in [5.41, 5.74) is -3.78. The van der Waals surface area contributed by atoms with E-state index < -0.39 is 251 Å². The SMILES string of the molecule is C[C@@H]1O[C@@H](OC[C@H]2O[C@@H](O[C@H]3CC[C@]45C[C@]46CC[C@]4(C)[C@@H]([C@@H]7[C@@H](O)[C@H](C(C)(C)O)C[C@@H]7O[C@@H]7O[C@H](CO[C@@H]8OC[C@@H](O)[C@H](O)[C@H]8O)[C@@H](O)[C@H](O)[C@H]7O[C@@H]7O[C@H](CO)[C@@H](O)[C@H](O)[C@H]7O)CC[C@@]4(C)[C@@H]6CC[C@H]5[C@@]3(C)CO)[C@H](O[C@@H]3O[C@@H](C)[C@H](O)[C@@H](O)[C@H]3O)[C@@H](O)[C@@H]2O)[C@H](O)[C@H](O)[C@H]1O. The molecule has 6 saturated heterocycles. The maximum absolute atomic E-state index is 12.8. The van der Waals surface area contributed by atoms with Crippen LogP contribution in [0.2, 0.25) is 0 Å². The molecule has 6 saturated carbocycles. The van der Waals surface area contributed by atoms with Gasteiger partial charge in [-0.1, -0.05) is 20.8 Å². The van der Waals surface area contributed by atoms with E-state index in [1.165, 1.54) is 13.8 Å².